The van der Waals surface area contributed by atoms with Crippen LogP contribution in [-0.2, 0) is 16.0 Å². The molecule has 35 heavy (non-hydrogen) atoms. The van der Waals surface area contributed by atoms with Crippen LogP contribution in [0.15, 0.2) is 30.3 Å². The highest BCUT2D eigenvalue weighted by atomic mass is 35.5. The minimum Gasteiger partial charge on any atom is -0.469 e. The molecule has 0 atom stereocenters. The second kappa shape index (κ2) is 10.3. The number of primary amides is 1. The van der Waals surface area contributed by atoms with Gasteiger partial charge in [-0.1, -0.05) is 48.5 Å². The quantitative estimate of drug-likeness (QED) is 0.403. The number of hydrogen-bond acceptors (Lipinski definition) is 4. The van der Waals surface area contributed by atoms with Crippen molar-refractivity contribution in [3.8, 4) is 16.9 Å². The van der Waals surface area contributed by atoms with E-state index in [-0.39, 0.29) is 45.0 Å². The lowest BCUT2D eigenvalue weighted by Crippen LogP contribution is -2.16. The molecule has 0 bridgehead atoms. The molecule has 0 saturated heterocycles. The number of benzene rings is 2. The molecule has 6 nitrogen and oxygen atoms in total. The topological polar surface area (TPSA) is 87.2 Å². The van der Waals surface area contributed by atoms with Crippen LogP contribution in [0.25, 0.3) is 16.9 Å². The van der Waals surface area contributed by atoms with Crippen LogP contribution >= 0.6 is 23.2 Å². The number of rotatable bonds is 6. The van der Waals surface area contributed by atoms with Crippen LogP contribution in [0.1, 0.15) is 59.9 Å². The van der Waals surface area contributed by atoms with Crippen molar-refractivity contribution >= 4 is 35.1 Å². The molecule has 0 unspecified atom stereocenters. The molecule has 10 heteroatoms. The molecule has 0 aliphatic heterocycles. The lowest BCUT2D eigenvalue weighted by atomic mass is 9.88. The Hall–Kier alpha value is -2.97. The third-order valence-electron chi connectivity index (χ3n) is 6.24. The molecule has 1 aromatic heterocycles. The van der Waals surface area contributed by atoms with Gasteiger partial charge in [0, 0.05) is 11.5 Å². The van der Waals surface area contributed by atoms with Crippen LogP contribution in [-0.4, -0.2) is 28.5 Å². The fourth-order valence-corrected chi connectivity index (χ4v) is 4.91. The van der Waals surface area contributed by atoms with Gasteiger partial charge in [-0.3, -0.25) is 14.2 Å². The van der Waals surface area contributed by atoms with Gasteiger partial charge in [0.1, 0.15) is 11.6 Å². The molecule has 2 aromatic carbocycles. The van der Waals surface area contributed by atoms with Gasteiger partial charge in [0.05, 0.1) is 35.0 Å². The number of carbonyl (C=O) groups excluding carboxylic acids is 2. The number of nitrogens with two attached hydrogens (primary N) is 1. The first-order valence-corrected chi connectivity index (χ1v) is 11.9. The summed E-state index contributed by atoms with van der Waals surface area (Å²) in [5.41, 5.74) is 6.28. The van der Waals surface area contributed by atoms with E-state index in [4.69, 9.17) is 33.7 Å². The van der Waals surface area contributed by atoms with E-state index in [1.54, 1.807) is 0 Å². The number of amides is 1. The zero-order valence-electron chi connectivity index (χ0n) is 18.9. The highest BCUT2D eigenvalue weighted by Crippen LogP contribution is 2.40. The summed E-state index contributed by atoms with van der Waals surface area (Å²) in [6, 6.07) is 6.74. The van der Waals surface area contributed by atoms with E-state index >= 15 is 4.39 Å². The number of esters is 1. The monoisotopic (exact) mass is 521 g/mol. The molecule has 4 rings (SSSR count). The first-order valence-electron chi connectivity index (χ1n) is 11.1. The number of aromatic nitrogens is 2. The molecule has 1 fully saturated rings. The third kappa shape index (κ3) is 4.90. The van der Waals surface area contributed by atoms with Gasteiger partial charge in [-0.15, -0.1) is 0 Å². The van der Waals surface area contributed by atoms with Crippen LogP contribution < -0.4 is 5.73 Å². The maximum Gasteiger partial charge on any atom is 0.310 e. The number of methoxy groups -OCH3 is 1. The predicted molar refractivity (Wildman–Crippen MR) is 129 cm³/mol. The number of carbonyl (C=O) groups is 2. The molecule has 0 spiro atoms. The molecule has 184 valence electrons. The van der Waals surface area contributed by atoms with E-state index in [0.717, 1.165) is 38.2 Å². The minimum atomic E-state index is -0.840. The van der Waals surface area contributed by atoms with Gasteiger partial charge in [0.25, 0.3) is 5.91 Å². The summed E-state index contributed by atoms with van der Waals surface area (Å²) in [4.78, 5) is 29.3. The summed E-state index contributed by atoms with van der Waals surface area (Å²) >= 11 is 12.2. The maximum atomic E-state index is 15.8. The molecule has 1 amide bonds. The standard InChI is InChI=1S/C25H23Cl2F2N3O3/c1-35-19(33)12-15-7-9-16(26)20(29)22(15)32-23(14-8-10-18(28)17(27)11-14)21(24(30)34)31-25(32)13-5-3-2-4-6-13/h7-11,13H,2-6,12H2,1H3,(H2,30,34). The highest BCUT2D eigenvalue weighted by Gasteiger charge is 2.32. The second-order valence-electron chi connectivity index (χ2n) is 8.45. The van der Waals surface area contributed by atoms with Crippen molar-refractivity contribution in [3.05, 3.63) is 69.1 Å². The zero-order chi connectivity index (χ0) is 25.3. The summed E-state index contributed by atoms with van der Waals surface area (Å²) < 4.78 is 36.0. The molecule has 2 N–H and O–H groups in total. The summed E-state index contributed by atoms with van der Waals surface area (Å²) in [6.07, 6.45) is 4.22. The van der Waals surface area contributed by atoms with Crippen molar-refractivity contribution in [1.82, 2.24) is 9.55 Å². The van der Waals surface area contributed by atoms with Gasteiger partial charge in [0.2, 0.25) is 0 Å². The van der Waals surface area contributed by atoms with Gasteiger partial charge >= 0.3 is 5.97 Å². The van der Waals surface area contributed by atoms with Gasteiger partial charge in [-0.2, -0.15) is 0 Å². The van der Waals surface area contributed by atoms with Crippen molar-refractivity contribution in [1.29, 1.82) is 0 Å². The first-order chi connectivity index (χ1) is 16.7. The molecule has 3 aromatic rings. The summed E-state index contributed by atoms with van der Waals surface area (Å²) in [7, 11) is 1.23. The molecule has 0 radical (unpaired) electrons. The Morgan fingerprint density at radius 3 is 2.46 bits per heavy atom. The number of imidazole rings is 1. The Bertz CT molecular complexity index is 1300. The maximum absolute atomic E-state index is 15.8. The smallest absolute Gasteiger partial charge is 0.310 e. The van der Waals surface area contributed by atoms with Gasteiger partial charge in [-0.25, -0.2) is 13.8 Å². The van der Waals surface area contributed by atoms with Gasteiger partial charge in [0.15, 0.2) is 11.5 Å². The van der Waals surface area contributed by atoms with E-state index in [1.807, 2.05) is 0 Å². The van der Waals surface area contributed by atoms with Crippen molar-refractivity contribution in [2.24, 2.45) is 5.73 Å². The number of halogens is 4. The van der Waals surface area contributed by atoms with E-state index < -0.39 is 23.5 Å². The van der Waals surface area contributed by atoms with E-state index in [2.05, 4.69) is 4.98 Å². The van der Waals surface area contributed by atoms with Crippen molar-refractivity contribution in [3.63, 3.8) is 0 Å². The fourth-order valence-electron chi connectivity index (χ4n) is 4.57. The van der Waals surface area contributed by atoms with Crippen molar-refractivity contribution in [2.45, 2.75) is 44.4 Å². The fraction of sp³-hybridized carbons (Fsp3) is 0.320. The minimum absolute atomic E-state index is 0.0427. The average molecular weight is 522 g/mol. The molecular formula is C25H23Cl2F2N3O3. The molecule has 1 aliphatic rings. The molecule has 1 heterocycles. The Labute approximate surface area is 211 Å². The third-order valence-corrected chi connectivity index (χ3v) is 6.82. The first kappa shape index (κ1) is 25.1. The molecule has 1 saturated carbocycles. The second-order valence-corrected chi connectivity index (χ2v) is 9.27. The number of ether oxygens (including phenoxy) is 1. The van der Waals surface area contributed by atoms with Crippen LogP contribution in [0.3, 0.4) is 0 Å². The largest absolute Gasteiger partial charge is 0.469 e. The summed E-state index contributed by atoms with van der Waals surface area (Å²) in [5, 5.41) is -0.369. The Balaban J connectivity index is 2.10. The molecule has 1 aliphatic carbocycles. The molecular weight excluding hydrogens is 499 g/mol. The van der Waals surface area contributed by atoms with Gasteiger partial charge in [-0.05, 0) is 42.7 Å². The predicted octanol–water partition coefficient (Wildman–Crippen LogP) is 5.99. The van der Waals surface area contributed by atoms with Crippen molar-refractivity contribution < 1.29 is 23.1 Å². The zero-order valence-corrected chi connectivity index (χ0v) is 20.4. The van der Waals surface area contributed by atoms with E-state index in [1.165, 1.54) is 35.9 Å². The normalized spacial score (nSPS) is 14.2. The average Bonchev–Trinajstić information content (AvgIpc) is 3.24. The SMILES string of the molecule is COC(=O)Cc1ccc(Cl)c(F)c1-n1c(C2CCCCC2)nc(C(N)=O)c1-c1ccc(F)c(Cl)c1. The Morgan fingerprint density at radius 1 is 1.11 bits per heavy atom. The van der Waals surface area contributed by atoms with E-state index in [9.17, 15) is 14.0 Å². The van der Waals surface area contributed by atoms with Crippen molar-refractivity contribution in [2.75, 3.05) is 7.11 Å². The van der Waals surface area contributed by atoms with Gasteiger partial charge < -0.3 is 10.5 Å². The number of hydrogen-bond donors (Lipinski definition) is 1. The summed E-state index contributed by atoms with van der Waals surface area (Å²) in [5.74, 6) is -2.57. The number of nitrogens with zero attached hydrogens (tertiary/aromatic N) is 2. The van der Waals surface area contributed by atoms with Crippen LogP contribution in [0.2, 0.25) is 10.0 Å². The van der Waals surface area contributed by atoms with Crippen LogP contribution in [0.4, 0.5) is 8.78 Å². The lowest BCUT2D eigenvalue weighted by Gasteiger charge is -2.24. The Kier molecular flexibility index (Phi) is 7.42. The van der Waals surface area contributed by atoms with Crippen LogP contribution in [0.5, 0.6) is 0 Å². The van der Waals surface area contributed by atoms with E-state index in [0.29, 0.717) is 11.4 Å². The summed E-state index contributed by atoms with van der Waals surface area (Å²) in [6.45, 7) is 0. The van der Waals surface area contributed by atoms with Crippen LogP contribution in [0, 0.1) is 11.6 Å². The lowest BCUT2D eigenvalue weighted by molar-refractivity contribution is -0.139. The Morgan fingerprint density at radius 2 is 1.83 bits per heavy atom. The highest BCUT2D eigenvalue weighted by molar-refractivity contribution is 6.31.